The van der Waals surface area contributed by atoms with E-state index in [4.69, 9.17) is 0 Å². The Kier molecular flexibility index (Phi) is 5.27. The summed E-state index contributed by atoms with van der Waals surface area (Å²) in [5.41, 5.74) is 2.81. The highest BCUT2D eigenvalue weighted by molar-refractivity contribution is 7.99. The van der Waals surface area contributed by atoms with Gasteiger partial charge < -0.3 is 5.32 Å². The highest BCUT2D eigenvalue weighted by Crippen LogP contribution is 2.24. The molecular weight excluding hydrogens is 242 g/mol. The summed E-state index contributed by atoms with van der Waals surface area (Å²) in [5.74, 6) is 0.963. The average molecular weight is 265 g/mol. The number of hydrogen-bond acceptors (Lipinski definition) is 2. The van der Waals surface area contributed by atoms with E-state index in [-0.39, 0.29) is 16.6 Å². The Morgan fingerprint density at radius 1 is 1.28 bits per heavy atom. The van der Waals surface area contributed by atoms with Crippen molar-refractivity contribution >= 4 is 17.7 Å². The van der Waals surface area contributed by atoms with E-state index in [2.05, 4.69) is 50.4 Å². The third kappa shape index (κ3) is 4.37. The summed E-state index contributed by atoms with van der Waals surface area (Å²) in [5, 5.41) is 2.67. The summed E-state index contributed by atoms with van der Waals surface area (Å²) in [6, 6.07) is 8.68. The maximum atomic E-state index is 11.4. The molecule has 1 aromatic rings. The Balaban J connectivity index is 2.57. The molecule has 2 nitrogen and oxygen atoms in total. The predicted octanol–water partition coefficient (Wildman–Crippen LogP) is 3.35. The molecule has 1 rings (SSSR count). The molecule has 0 spiro atoms. The monoisotopic (exact) mass is 265 g/mol. The SMILES string of the molecule is CNC(=O)[C@H](C)SCc1ccc(C(C)(C)C)cc1. The Labute approximate surface area is 115 Å². The molecule has 0 saturated carbocycles. The molecule has 18 heavy (non-hydrogen) atoms. The second kappa shape index (κ2) is 6.28. The number of amides is 1. The second-order valence-corrected chi connectivity index (χ2v) is 6.84. The van der Waals surface area contributed by atoms with Crippen LogP contribution in [-0.4, -0.2) is 18.2 Å². The summed E-state index contributed by atoms with van der Waals surface area (Å²) in [7, 11) is 1.68. The molecule has 0 bridgehead atoms. The van der Waals surface area contributed by atoms with Crippen molar-refractivity contribution in [3.05, 3.63) is 35.4 Å². The van der Waals surface area contributed by atoms with Crippen LogP contribution >= 0.6 is 11.8 Å². The van der Waals surface area contributed by atoms with Crippen LogP contribution in [0.5, 0.6) is 0 Å². The fourth-order valence-corrected chi connectivity index (χ4v) is 2.51. The first-order chi connectivity index (χ1) is 8.34. The number of thioether (sulfide) groups is 1. The molecule has 1 atom stereocenters. The van der Waals surface area contributed by atoms with Crippen molar-refractivity contribution in [2.24, 2.45) is 0 Å². The van der Waals surface area contributed by atoms with E-state index < -0.39 is 0 Å². The van der Waals surface area contributed by atoms with E-state index in [0.717, 1.165) is 5.75 Å². The lowest BCUT2D eigenvalue weighted by Crippen LogP contribution is -2.27. The highest BCUT2D eigenvalue weighted by Gasteiger charge is 2.14. The quantitative estimate of drug-likeness (QED) is 0.904. The Morgan fingerprint density at radius 2 is 1.83 bits per heavy atom. The van der Waals surface area contributed by atoms with Gasteiger partial charge in [0.2, 0.25) is 5.91 Å². The molecule has 0 aliphatic carbocycles. The van der Waals surface area contributed by atoms with Gasteiger partial charge in [-0.05, 0) is 23.5 Å². The standard InChI is InChI=1S/C15H23NOS/c1-11(14(17)16-5)18-10-12-6-8-13(9-7-12)15(2,3)4/h6-9,11H,10H2,1-5H3,(H,16,17)/t11-/m0/s1. The van der Waals surface area contributed by atoms with Crippen LogP contribution in [0.1, 0.15) is 38.8 Å². The fourth-order valence-electron chi connectivity index (χ4n) is 1.60. The van der Waals surface area contributed by atoms with Crippen LogP contribution in [-0.2, 0) is 16.0 Å². The van der Waals surface area contributed by atoms with E-state index in [1.807, 2.05) is 6.92 Å². The molecule has 0 radical (unpaired) electrons. The van der Waals surface area contributed by atoms with E-state index in [1.165, 1.54) is 11.1 Å². The highest BCUT2D eigenvalue weighted by atomic mass is 32.2. The lowest BCUT2D eigenvalue weighted by atomic mass is 9.87. The second-order valence-electron chi connectivity index (χ2n) is 5.51. The summed E-state index contributed by atoms with van der Waals surface area (Å²) >= 11 is 1.66. The fraction of sp³-hybridized carbons (Fsp3) is 0.533. The van der Waals surface area contributed by atoms with Crippen molar-refractivity contribution < 1.29 is 4.79 Å². The number of rotatable bonds is 4. The zero-order valence-electron chi connectivity index (χ0n) is 11.9. The van der Waals surface area contributed by atoms with Crippen LogP contribution < -0.4 is 5.32 Å². The molecular formula is C15H23NOS. The van der Waals surface area contributed by atoms with Crippen LogP contribution in [0.25, 0.3) is 0 Å². The van der Waals surface area contributed by atoms with Gasteiger partial charge in [0, 0.05) is 12.8 Å². The molecule has 1 N–H and O–H groups in total. The largest absolute Gasteiger partial charge is 0.358 e. The Morgan fingerprint density at radius 3 is 2.28 bits per heavy atom. The number of carbonyl (C=O) groups is 1. The normalized spacial score (nSPS) is 13.2. The molecule has 0 aromatic heterocycles. The maximum Gasteiger partial charge on any atom is 0.232 e. The number of hydrogen-bond donors (Lipinski definition) is 1. The van der Waals surface area contributed by atoms with Crippen molar-refractivity contribution in [1.82, 2.24) is 5.32 Å². The lowest BCUT2D eigenvalue weighted by Gasteiger charge is -2.19. The van der Waals surface area contributed by atoms with Crippen LogP contribution in [0.2, 0.25) is 0 Å². The van der Waals surface area contributed by atoms with Gasteiger partial charge in [0.05, 0.1) is 5.25 Å². The molecule has 0 fully saturated rings. The number of carbonyl (C=O) groups excluding carboxylic acids is 1. The first kappa shape index (κ1) is 15.1. The molecule has 3 heteroatoms. The maximum absolute atomic E-state index is 11.4. The van der Waals surface area contributed by atoms with Crippen molar-refractivity contribution in [1.29, 1.82) is 0 Å². The van der Waals surface area contributed by atoms with E-state index in [9.17, 15) is 4.79 Å². The molecule has 1 aromatic carbocycles. The molecule has 0 saturated heterocycles. The van der Waals surface area contributed by atoms with Crippen molar-refractivity contribution in [2.45, 2.75) is 44.1 Å². The topological polar surface area (TPSA) is 29.1 Å². The zero-order valence-corrected chi connectivity index (χ0v) is 12.7. The van der Waals surface area contributed by atoms with E-state index in [0.29, 0.717) is 0 Å². The predicted molar refractivity (Wildman–Crippen MR) is 80.0 cm³/mol. The summed E-state index contributed by atoms with van der Waals surface area (Å²) in [4.78, 5) is 11.4. The Bertz CT molecular complexity index is 392. The van der Waals surface area contributed by atoms with Crippen LogP contribution in [0.3, 0.4) is 0 Å². The average Bonchev–Trinajstić information content (AvgIpc) is 2.34. The minimum Gasteiger partial charge on any atom is -0.358 e. The van der Waals surface area contributed by atoms with Crippen molar-refractivity contribution in [3.63, 3.8) is 0 Å². The van der Waals surface area contributed by atoms with Gasteiger partial charge in [-0.3, -0.25) is 4.79 Å². The molecule has 1 amide bonds. The molecule has 100 valence electrons. The van der Waals surface area contributed by atoms with Gasteiger partial charge in [-0.25, -0.2) is 0 Å². The van der Waals surface area contributed by atoms with Crippen LogP contribution in [0.15, 0.2) is 24.3 Å². The molecule has 0 heterocycles. The Hall–Kier alpha value is -0.960. The summed E-state index contributed by atoms with van der Waals surface area (Å²) in [6.45, 7) is 8.58. The third-order valence-corrected chi connectivity index (χ3v) is 4.15. The summed E-state index contributed by atoms with van der Waals surface area (Å²) in [6.07, 6.45) is 0. The third-order valence-electron chi connectivity index (χ3n) is 2.94. The van der Waals surface area contributed by atoms with Gasteiger partial charge in [0.25, 0.3) is 0 Å². The summed E-state index contributed by atoms with van der Waals surface area (Å²) < 4.78 is 0. The van der Waals surface area contributed by atoms with E-state index >= 15 is 0 Å². The number of nitrogens with one attached hydrogen (secondary N) is 1. The van der Waals surface area contributed by atoms with Gasteiger partial charge >= 0.3 is 0 Å². The first-order valence-corrected chi connectivity index (χ1v) is 7.32. The molecule has 0 aliphatic rings. The first-order valence-electron chi connectivity index (χ1n) is 6.27. The lowest BCUT2D eigenvalue weighted by molar-refractivity contribution is -0.119. The van der Waals surface area contributed by atoms with Gasteiger partial charge in [-0.1, -0.05) is 45.0 Å². The number of benzene rings is 1. The smallest absolute Gasteiger partial charge is 0.232 e. The van der Waals surface area contributed by atoms with E-state index in [1.54, 1.807) is 18.8 Å². The minimum atomic E-state index is -0.00251. The van der Waals surface area contributed by atoms with Gasteiger partial charge in [-0.2, -0.15) is 0 Å². The van der Waals surface area contributed by atoms with Gasteiger partial charge in [0.15, 0.2) is 0 Å². The van der Waals surface area contributed by atoms with Gasteiger partial charge in [-0.15, -0.1) is 11.8 Å². The van der Waals surface area contributed by atoms with Crippen LogP contribution in [0.4, 0.5) is 0 Å². The molecule has 0 unspecified atom stereocenters. The van der Waals surface area contributed by atoms with Crippen LogP contribution in [0, 0.1) is 0 Å². The minimum absolute atomic E-state index is 0.00251. The van der Waals surface area contributed by atoms with Crippen molar-refractivity contribution in [3.8, 4) is 0 Å². The molecule has 0 aliphatic heterocycles. The van der Waals surface area contributed by atoms with Gasteiger partial charge in [0.1, 0.15) is 0 Å². The zero-order chi connectivity index (χ0) is 13.8. The van der Waals surface area contributed by atoms with Crippen molar-refractivity contribution in [2.75, 3.05) is 7.05 Å².